The Labute approximate surface area is 132 Å². The molecule has 0 unspecified atom stereocenters. The van der Waals surface area contributed by atoms with Gasteiger partial charge in [-0.25, -0.2) is 9.97 Å². The summed E-state index contributed by atoms with van der Waals surface area (Å²) in [4.78, 5) is 25.6. The molecule has 2 aliphatic rings. The van der Waals surface area contributed by atoms with Crippen LogP contribution in [0.25, 0.3) is 0 Å². The van der Waals surface area contributed by atoms with Crippen LogP contribution in [-0.2, 0) is 0 Å². The van der Waals surface area contributed by atoms with E-state index >= 15 is 0 Å². The van der Waals surface area contributed by atoms with Crippen molar-refractivity contribution in [3.63, 3.8) is 0 Å². The number of aromatic nitrogens is 2. The SMILES string of the molecule is O=C(c1cnc(N2CCCCCC2)nc1)N1CCCCCC1. The van der Waals surface area contributed by atoms with E-state index in [0.717, 1.165) is 45.0 Å². The Balaban J connectivity index is 1.66. The Morgan fingerprint density at radius 1 is 0.773 bits per heavy atom. The van der Waals surface area contributed by atoms with Crippen LogP contribution in [-0.4, -0.2) is 47.0 Å². The molecule has 1 amide bonds. The summed E-state index contributed by atoms with van der Waals surface area (Å²) in [7, 11) is 0. The fraction of sp³-hybridized carbons (Fsp3) is 0.706. The molecule has 3 rings (SSSR count). The van der Waals surface area contributed by atoms with Crippen LogP contribution in [0.5, 0.6) is 0 Å². The zero-order valence-electron chi connectivity index (χ0n) is 13.3. The number of anilines is 1. The predicted octanol–water partition coefficient (Wildman–Crippen LogP) is 2.87. The van der Waals surface area contributed by atoms with Crippen molar-refractivity contribution >= 4 is 11.9 Å². The van der Waals surface area contributed by atoms with Gasteiger partial charge in [-0.1, -0.05) is 25.7 Å². The first-order valence-corrected chi connectivity index (χ1v) is 8.71. The number of hydrogen-bond acceptors (Lipinski definition) is 4. The summed E-state index contributed by atoms with van der Waals surface area (Å²) in [6.45, 7) is 3.79. The van der Waals surface area contributed by atoms with Crippen LogP contribution < -0.4 is 4.90 Å². The highest BCUT2D eigenvalue weighted by molar-refractivity contribution is 5.93. The van der Waals surface area contributed by atoms with Crippen molar-refractivity contribution in [2.75, 3.05) is 31.1 Å². The Hall–Kier alpha value is -1.65. The van der Waals surface area contributed by atoms with E-state index in [9.17, 15) is 4.79 Å². The molecule has 0 spiro atoms. The van der Waals surface area contributed by atoms with E-state index in [1.54, 1.807) is 12.4 Å². The summed E-state index contributed by atoms with van der Waals surface area (Å²) < 4.78 is 0. The lowest BCUT2D eigenvalue weighted by Gasteiger charge is -2.22. The Kier molecular flexibility index (Phi) is 5.24. The minimum absolute atomic E-state index is 0.0873. The zero-order valence-corrected chi connectivity index (χ0v) is 13.3. The molecule has 1 aromatic heterocycles. The van der Waals surface area contributed by atoms with Gasteiger partial charge in [0.1, 0.15) is 0 Å². The van der Waals surface area contributed by atoms with Crippen molar-refractivity contribution in [3.05, 3.63) is 18.0 Å². The van der Waals surface area contributed by atoms with Crippen LogP contribution >= 0.6 is 0 Å². The zero-order chi connectivity index (χ0) is 15.2. The average Bonchev–Trinajstić information content (AvgIpc) is 2.99. The average molecular weight is 302 g/mol. The highest BCUT2D eigenvalue weighted by Gasteiger charge is 2.19. The molecule has 2 fully saturated rings. The van der Waals surface area contributed by atoms with E-state index in [-0.39, 0.29) is 5.91 Å². The lowest BCUT2D eigenvalue weighted by Crippen LogP contribution is -2.32. The lowest BCUT2D eigenvalue weighted by molar-refractivity contribution is 0.0761. The first kappa shape index (κ1) is 15.3. The van der Waals surface area contributed by atoms with Crippen molar-refractivity contribution in [2.24, 2.45) is 0 Å². The Bertz CT molecular complexity index is 472. The predicted molar refractivity (Wildman–Crippen MR) is 87.1 cm³/mol. The smallest absolute Gasteiger partial charge is 0.256 e. The molecule has 120 valence electrons. The molecular formula is C17H26N4O. The summed E-state index contributed by atoms with van der Waals surface area (Å²) >= 11 is 0. The van der Waals surface area contributed by atoms with E-state index in [4.69, 9.17) is 0 Å². The summed E-state index contributed by atoms with van der Waals surface area (Å²) in [5, 5.41) is 0. The lowest BCUT2D eigenvalue weighted by atomic mass is 10.2. The Morgan fingerprint density at radius 2 is 1.27 bits per heavy atom. The van der Waals surface area contributed by atoms with E-state index in [2.05, 4.69) is 14.9 Å². The van der Waals surface area contributed by atoms with Crippen LogP contribution in [0.1, 0.15) is 61.7 Å². The summed E-state index contributed by atoms with van der Waals surface area (Å²) in [5.41, 5.74) is 0.625. The number of rotatable bonds is 2. The maximum Gasteiger partial charge on any atom is 0.256 e. The van der Waals surface area contributed by atoms with Crippen molar-refractivity contribution < 1.29 is 4.79 Å². The van der Waals surface area contributed by atoms with Crippen LogP contribution in [0.4, 0.5) is 5.95 Å². The Morgan fingerprint density at radius 3 is 1.82 bits per heavy atom. The second-order valence-electron chi connectivity index (χ2n) is 6.38. The summed E-state index contributed by atoms with van der Waals surface area (Å²) in [6, 6.07) is 0. The van der Waals surface area contributed by atoms with Crippen molar-refractivity contribution in [2.45, 2.75) is 51.4 Å². The van der Waals surface area contributed by atoms with E-state index in [0.29, 0.717) is 5.56 Å². The molecule has 5 heteroatoms. The molecule has 0 aromatic carbocycles. The number of carbonyl (C=O) groups is 1. The topological polar surface area (TPSA) is 49.3 Å². The molecule has 2 aliphatic heterocycles. The van der Waals surface area contributed by atoms with Crippen molar-refractivity contribution in [1.29, 1.82) is 0 Å². The maximum absolute atomic E-state index is 12.5. The molecule has 0 aliphatic carbocycles. The highest BCUT2D eigenvalue weighted by atomic mass is 16.2. The van der Waals surface area contributed by atoms with E-state index in [1.165, 1.54) is 38.5 Å². The van der Waals surface area contributed by atoms with Gasteiger partial charge in [0, 0.05) is 38.6 Å². The minimum Gasteiger partial charge on any atom is -0.341 e. The number of amides is 1. The molecule has 2 saturated heterocycles. The minimum atomic E-state index is 0.0873. The van der Waals surface area contributed by atoms with Gasteiger partial charge in [-0.2, -0.15) is 0 Å². The van der Waals surface area contributed by atoms with Gasteiger partial charge < -0.3 is 9.80 Å². The second kappa shape index (κ2) is 7.56. The molecule has 0 atom stereocenters. The van der Waals surface area contributed by atoms with Gasteiger partial charge in [-0.05, 0) is 25.7 Å². The monoisotopic (exact) mass is 302 g/mol. The van der Waals surface area contributed by atoms with Gasteiger partial charge in [0.15, 0.2) is 0 Å². The van der Waals surface area contributed by atoms with Gasteiger partial charge >= 0.3 is 0 Å². The highest BCUT2D eigenvalue weighted by Crippen LogP contribution is 2.16. The number of carbonyl (C=O) groups excluding carboxylic acids is 1. The molecule has 0 bridgehead atoms. The number of hydrogen-bond donors (Lipinski definition) is 0. The third-order valence-corrected chi connectivity index (χ3v) is 4.67. The van der Waals surface area contributed by atoms with Crippen molar-refractivity contribution in [3.8, 4) is 0 Å². The first-order chi connectivity index (χ1) is 10.8. The third-order valence-electron chi connectivity index (χ3n) is 4.67. The van der Waals surface area contributed by atoms with Crippen LogP contribution in [0.3, 0.4) is 0 Å². The number of nitrogens with zero attached hydrogens (tertiary/aromatic N) is 4. The molecule has 0 N–H and O–H groups in total. The third kappa shape index (κ3) is 3.76. The van der Waals surface area contributed by atoms with Crippen molar-refractivity contribution in [1.82, 2.24) is 14.9 Å². The largest absolute Gasteiger partial charge is 0.341 e. The molecule has 1 aromatic rings. The van der Waals surface area contributed by atoms with Crippen LogP contribution in [0.15, 0.2) is 12.4 Å². The van der Waals surface area contributed by atoms with Gasteiger partial charge in [0.05, 0.1) is 5.56 Å². The van der Waals surface area contributed by atoms with Gasteiger partial charge in [0.25, 0.3) is 5.91 Å². The van der Waals surface area contributed by atoms with Gasteiger partial charge in [0.2, 0.25) is 5.95 Å². The molecule has 0 radical (unpaired) electrons. The van der Waals surface area contributed by atoms with Gasteiger partial charge in [-0.3, -0.25) is 4.79 Å². The van der Waals surface area contributed by atoms with E-state index < -0.39 is 0 Å². The second-order valence-corrected chi connectivity index (χ2v) is 6.38. The summed E-state index contributed by atoms with van der Waals surface area (Å²) in [6.07, 6.45) is 13.1. The molecule has 22 heavy (non-hydrogen) atoms. The molecular weight excluding hydrogens is 276 g/mol. The normalized spacial score (nSPS) is 20.4. The number of likely N-dealkylation sites (tertiary alicyclic amines) is 1. The van der Waals surface area contributed by atoms with Crippen LogP contribution in [0, 0.1) is 0 Å². The van der Waals surface area contributed by atoms with E-state index in [1.807, 2.05) is 4.90 Å². The fourth-order valence-corrected chi connectivity index (χ4v) is 3.32. The standard InChI is InChI=1S/C17H26N4O/c22-16(20-9-5-1-2-6-10-20)15-13-18-17(19-14-15)21-11-7-3-4-8-12-21/h13-14H,1-12H2. The van der Waals surface area contributed by atoms with Crippen LogP contribution in [0.2, 0.25) is 0 Å². The quantitative estimate of drug-likeness (QED) is 0.843. The van der Waals surface area contributed by atoms with Gasteiger partial charge in [-0.15, -0.1) is 0 Å². The molecule has 3 heterocycles. The first-order valence-electron chi connectivity index (χ1n) is 8.71. The maximum atomic E-state index is 12.5. The molecule has 0 saturated carbocycles. The molecule has 5 nitrogen and oxygen atoms in total. The fourth-order valence-electron chi connectivity index (χ4n) is 3.32. The summed E-state index contributed by atoms with van der Waals surface area (Å²) in [5.74, 6) is 0.860.